The molecule has 1 aromatic rings. The topological polar surface area (TPSA) is 68.7 Å². The summed E-state index contributed by atoms with van der Waals surface area (Å²) in [5.41, 5.74) is 1.33. The van der Waals surface area contributed by atoms with Gasteiger partial charge >= 0.3 is 6.09 Å². The summed E-state index contributed by atoms with van der Waals surface area (Å²) in [7, 11) is 1.94. The summed E-state index contributed by atoms with van der Waals surface area (Å²) in [5.74, 6) is 1.56. The molecular weight excluding hydrogens is 328 g/mol. The Kier molecular flexibility index (Phi) is 6.35. The molecule has 3 heterocycles. The third-order valence-corrected chi connectivity index (χ3v) is 6.20. The summed E-state index contributed by atoms with van der Waals surface area (Å²) in [6.45, 7) is 4.98. The summed E-state index contributed by atoms with van der Waals surface area (Å²) in [4.78, 5) is 20.3. The predicted octanol–water partition coefficient (Wildman–Crippen LogP) is 3.61. The van der Waals surface area contributed by atoms with E-state index in [1.807, 2.05) is 19.3 Å². The summed E-state index contributed by atoms with van der Waals surface area (Å²) < 4.78 is 0. The van der Waals surface area contributed by atoms with Gasteiger partial charge in [0, 0.05) is 31.9 Å². The van der Waals surface area contributed by atoms with Crippen LogP contribution < -0.4 is 5.32 Å². The lowest BCUT2D eigenvalue weighted by Crippen LogP contribution is -2.44. The molecule has 144 valence electrons. The van der Waals surface area contributed by atoms with E-state index in [4.69, 9.17) is 0 Å². The molecule has 0 saturated carbocycles. The number of likely N-dealkylation sites (tertiary alicyclic amines) is 2. The second kappa shape index (κ2) is 8.71. The molecule has 2 aliphatic heterocycles. The van der Waals surface area contributed by atoms with Crippen LogP contribution in [0.3, 0.4) is 0 Å². The van der Waals surface area contributed by atoms with Gasteiger partial charge in [-0.15, -0.1) is 0 Å². The van der Waals surface area contributed by atoms with Crippen molar-refractivity contribution in [2.45, 2.75) is 63.5 Å². The molecule has 0 radical (unpaired) electrons. The molecule has 1 aromatic heterocycles. The number of anilines is 1. The molecule has 0 aromatic carbocycles. The van der Waals surface area contributed by atoms with Crippen LogP contribution in [-0.4, -0.2) is 64.7 Å². The van der Waals surface area contributed by atoms with E-state index in [0.29, 0.717) is 18.5 Å². The van der Waals surface area contributed by atoms with Crippen molar-refractivity contribution in [3.63, 3.8) is 0 Å². The number of pyridine rings is 1. The van der Waals surface area contributed by atoms with Crippen molar-refractivity contribution in [2.24, 2.45) is 0 Å². The van der Waals surface area contributed by atoms with E-state index in [-0.39, 0.29) is 6.04 Å². The number of hydrogen-bond donors (Lipinski definition) is 2. The number of amides is 1. The molecule has 0 spiro atoms. The molecule has 2 N–H and O–H groups in total. The normalized spacial score (nSPS) is 25.7. The van der Waals surface area contributed by atoms with Gasteiger partial charge in [0.25, 0.3) is 0 Å². The van der Waals surface area contributed by atoms with Crippen molar-refractivity contribution >= 4 is 11.9 Å². The van der Waals surface area contributed by atoms with Crippen LogP contribution in [0.1, 0.15) is 56.9 Å². The summed E-state index contributed by atoms with van der Waals surface area (Å²) in [6, 6.07) is 4.90. The fourth-order valence-electron chi connectivity index (χ4n) is 4.74. The van der Waals surface area contributed by atoms with Crippen molar-refractivity contribution in [1.82, 2.24) is 14.8 Å². The fourth-order valence-corrected chi connectivity index (χ4v) is 4.74. The van der Waals surface area contributed by atoms with Crippen molar-refractivity contribution in [2.75, 3.05) is 32.0 Å². The maximum atomic E-state index is 11.5. The van der Waals surface area contributed by atoms with Crippen molar-refractivity contribution < 1.29 is 9.90 Å². The quantitative estimate of drug-likeness (QED) is 0.858. The number of piperidine rings is 1. The molecule has 2 atom stereocenters. The molecule has 6 nitrogen and oxygen atoms in total. The van der Waals surface area contributed by atoms with E-state index >= 15 is 0 Å². The maximum absolute atomic E-state index is 11.5. The number of nitrogens with one attached hydrogen (secondary N) is 1. The Hall–Kier alpha value is -1.82. The Labute approximate surface area is 156 Å². The number of carbonyl (C=O) groups is 1. The molecule has 2 saturated heterocycles. The second-order valence-electron chi connectivity index (χ2n) is 7.57. The van der Waals surface area contributed by atoms with Gasteiger partial charge in [0.15, 0.2) is 0 Å². The minimum atomic E-state index is -0.757. The smallest absolute Gasteiger partial charge is 0.407 e. The zero-order valence-corrected chi connectivity index (χ0v) is 16.0. The van der Waals surface area contributed by atoms with Gasteiger partial charge < -0.3 is 20.2 Å². The molecule has 2 fully saturated rings. The maximum Gasteiger partial charge on any atom is 0.407 e. The summed E-state index contributed by atoms with van der Waals surface area (Å²) >= 11 is 0. The van der Waals surface area contributed by atoms with Gasteiger partial charge in [0.1, 0.15) is 5.82 Å². The van der Waals surface area contributed by atoms with E-state index in [0.717, 1.165) is 57.4 Å². The van der Waals surface area contributed by atoms with Gasteiger partial charge in [-0.05, 0) is 69.2 Å². The van der Waals surface area contributed by atoms with Crippen LogP contribution >= 0.6 is 0 Å². The van der Waals surface area contributed by atoms with Crippen LogP contribution in [0.2, 0.25) is 0 Å². The second-order valence-corrected chi connectivity index (χ2v) is 7.57. The number of hydrogen-bond acceptors (Lipinski definition) is 4. The SMILES string of the molecule is CCC1CC(N2CCC(c3cccnc3NC)CC2)CCCN1C(=O)O. The number of aromatic nitrogens is 1. The molecule has 6 heteroatoms. The van der Waals surface area contributed by atoms with E-state index in [1.165, 1.54) is 5.56 Å². The predicted molar refractivity (Wildman–Crippen MR) is 104 cm³/mol. The van der Waals surface area contributed by atoms with Crippen LogP contribution in [0.4, 0.5) is 10.6 Å². The molecule has 2 unspecified atom stereocenters. The monoisotopic (exact) mass is 360 g/mol. The molecule has 2 aliphatic rings. The average Bonchev–Trinajstić information content (AvgIpc) is 2.90. The highest BCUT2D eigenvalue weighted by Gasteiger charge is 2.33. The van der Waals surface area contributed by atoms with E-state index in [2.05, 4.69) is 28.2 Å². The first-order valence-electron chi connectivity index (χ1n) is 10.00. The third kappa shape index (κ3) is 4.11. The van der Waals surface area contributed by atoms with Crippen LogP contribution in [0.25, 0.3) is 0 Å². The molecule has 0 bridgehead atoms. The zero-order chi connectivity index (χ0) is 18.5. The lowest BCUT2D eigenvalue weighted by Gasteiger charge is -2.39. The van der Waals surface area contributed by atoms with Crippen LogP contribution in [0.5, 0.6) is 0 Å². The Balaban J connectivity index is 1.61. The first-order valence-corrected chi connectivity index (χ1v) is 10.00. The van der Waals surface area contributed by atoms with Gasteiger partial charge in [-0.1, -0.05) is 13.0 Å². The summed E-state index contributed by atoms with van der Waals surface area (Å²) in [6.07, 6.45) is 7.34. The largest absolute Gasteiger partial charge is 0.465 e. The van der Waals surface area contributed by atoms with E-state index in [9.17, 15) is 9.90 Å². The third-order valence-electron chi connectivity index (χ3n) is 6.20. The van der Waals surface area contributed by atoms with Crippen molar-refractivity contribution in [3.05, 3.63) is 23.9 Å². The number of nitrogens with zero attached hydrogens (tertiary/aromatic N) is 3. The number of carboxylic acid groups (broad SMARTS) is 1. The lowest BCUT2D eigenvalue weighted by molar-refractivity contribution is 0.106. The van der Waals surface area contributed by atoms with Crippen molar-refractivity contribution in [1.29, 1.82) is 0 Å². The molecular formula is C20H32N4O2. The van der Waals surface area contributed by atoms with Gasteiger partial charge in [-0.3, -0.25) is 0 Å². The molecule has 0 aliphatic carbocycles. The Morgan fingerprint density at radius 2 is 2.08 bits per heavy atom. The van der Waals surface area contributed by atoms with Crippen LogP contribution in [-0.2, 0) is 0 Å². The van der Waals surface area contributed by atoms with Gasteiger partial charge in [0.05, 0.1) is 0 Å². The average molecular weight is 361 g/mol. The van der Waals surface area contributed by atoms with Gasteiger partial charge in [0.2, 0.25) is 0 Å². The van der Waals surface area contributed by atoms with Crippen LogP contribution in [0, 0.1) is 0 Å². The van der Waals surface area contributed by atoms with E-state index < -0.39 is 6.09 Å². The Bertz CT molecular complexity index is 601. The Morgan fingerprint density at radius 3 is 2.73 bits per heavy atom. The molecule has 26 heavy (non-hydrogen) atoms. The summed E-state index contributed by atoms with van der Waals surface area (Å²) in [5, 5.41) is 12.7. The highest BCUT2D eigenvalue weighted by molar-refractivity contribution is 5.65. The lowest BCUT2D eigenvalue weighted by atomic mass is 9.88. The minimum Gasteiger partial charge on any atom is -0.465 e. The Morgan fingerprint density at radius 1 is 1.31 bits per heavy atom. The highest BCUT2D eigenvalue weighted by Crippen LogP contribution is 2.34. The zero-order valence-electron chi connectivity index (χ0n) is 16.0. The fraction of sp³-hybridized carbons (Fsp3) is 0.700. The molecule has 3 rings (SSSR count). The van der Waals surface area contributed by atoms with Gasteiger partial charge in [-0.25, -0.2) is 9.78 Å². The van der Waals surface area contributed by atoms with Crippen LogP contribution in [0.15, 0.2) is 18.3 Å². The number of rotatable bonds is 4. The van der Waals surface area contributed by atoms with E-state index in [1.54, 1.807) is 4.90 Å². The van der Waals surface area contributed by atoms with Gasteiger partial charge in [-0.2, -0.15) is 0 Å². The molecule has 1 amide bonds. The highest BCUT2D eigenvalue weighted by atomic mass is 16.4. The standard InChI is InChI=1S/C20H32N4O2/c1-3-16-14-17(6-5-11-24(16)20(25)26)23-12-8-15(9-13-23)18-7-4-10-22-19(18)21-2/h4,7,10,15-17H,3,5-6,8-9,11-14H2,1-2H3,(H,21,22)(H,25,26). The first kappa shape index (κ1) is 19.0. The minimum absolute atomic E-state index is 0.159. The van der Waals surface area contributed by atoms with Crippen molar-refractivity contribution in [3.8, 4) is 0 Å². The first-order chi connectivity index (χ1) is 12.6.